The molecule has 1 aliphatic rings. The molecule has 110 valence electrons. The molecule has 1 aromatic rings. The van der Waals surface area contributed by atoms with Crippen LogP contribution in [0.5, 0.6) is 5.75 Å². The van der Waals surface area contributed by atoms with Crippen LogP contribution in [-0.4, -0.2) is 55.2 Å². The minimum Gasteiger partial charge on any atom is -0.506 e. The van der Waals surface area contributed by atoms with Gasteiger partial charge >= 0.3 is 16.2 Å². The van der Waals surface area contributed by atoms with Gasteiger partial charge in [-0.3, -0.25) is 4.72 Å². The van der Waals surface area contributed by atoms with Crippen molar-refractivity contribution in [3.8, 4) is 5.75 Å². The molecule has 0 amide bonds. The number of nitrogens with one attached hydrogen (secondary N) is 1. The molecular formula is C11H14N2O6S. The topological polar surface area (TPSA) is 116 Å². The van der Waals surface area contributed by atoms with Crippen LogP contribution in [-0.2, 0) is 14.9 Å². The highest BCUT2D eigenvalue weighted by Gasteiger charge is 2.25. The number of nitrogens with zero attached hydrogens (tertiary/aromatic N) is 1. The first-order valence-electron chi connectivity index (χ1n) is 5.82. The van der Waals surface area contributed by atoms with E-state index in [0.717, 1.165) is 12.1 Å². The van der Waals surface area contributed by atoms with Gasteiger partial charge in [0.15, 0.2) is 0 Å². The van der Waals surface area contributed by atoms with Gasteiger partial charge in [-0.1, -0.05) is 0 Å². The van der Waals surface area contributed by atoms with E-state index in [1.54, 1.807) is 0 Å². The average molecular weight is 302 g/mol. The fraction of sp³-hybridized carbons (Fsp3) is 0.364. The number of hydrogen-bond acceptors (Lipinski definition) is 5. The summed E-state index contributed by atoms with van der Waals surface area (Å²) in [5.41, 5.74) is -0.293. The number of hydrogen-bond donors (Lipinski definition) is 3. The van der Waals surface area contributed by atoms with E-state index in [-0.39, 0.29) is 30.1 Å². The van der Waals surface area contributed by atoms with Gasteiger partial charge in [-0.2, -0.15) is 12.7 Å². The van der Waals surface area contributed by atoms with Crippen LogP contribution in [0.3, 0.4) is 0 Å². The smallest absolute Gasteiger partial charge is 0.335 e. The lowest BCUT2D eigenvalue weighted by Crippen LogP contribution is -2.43. The molecule has 0 saturated carbocycles. The molecule has 8 nitrogen and oxygen atoms in total. The summed E-state index contributed by atoms with van der Waals surface area (Å²) < 4.78 is 32.6. The van der Waals surface area contributed by atoms with E-state index in [0.29, 0.717) is 13.2 Å². The number of carbonyl (C=O) groups is 1. The van der Waals surface area contributed by atoms with Crippen molar-refractivity contribution in [1.29, 1.82) is 0 Å². The van der Waals surface area contributed by atoms with Crippen LogP contribution in [0.4, 0.5) is 5.69 Å². The Labute approximate surface area is 115 Å². The third-order valence-corrected chi connectivity index (χ3v) is 4.32. The SMILES string of the molecule is O=C(O)c1ccc(O)c(NS(=O)(=O)N2CCOCC2)c1. The molecular weight excluding hydrogens is 288 g/mol. The average Bonchev–Trinajstić information content (AvgIpc) is 2.42. The summed E-state index contributed by atoms with van der Waals surface area (Å²) in [5.74, 6) is -1.55. The zero-order chi connectivity index (χ0) is 14.8. The molecule has 0 unspecified atom stereocenters. The van der Waals surface area contributed by atoms with Gasteiger partial charge in [0.05, 0.1) is 24.5 Å². The highest BCUT2D eigenvalue weighted by Crippen LogP contribution is 2.26. The molecule has 1 aliphatic heterocycles. The maximum atomic E-state index is 12.1. The van der Waals surface area contributed by atoms with E-state index in [1.165, 1.54) is 10.4 Å². The second-order valence-electron chi connectivity index (χ2n) is 4.16. The number of carboxylic acid groups (broad SMARTS) is 1. The molecule has 1 fully saturated rings. The molecule has 3 N–H and O–H groups in total. The van der Waals surface area contributed by atoms with E-state index >= 15 is 0 Å². The molecule has 1 saturated heterocycles. The number of rotatable bonds is 4. The number of morpholine rings is 1. The lowest BCUT2D eigenvalue weighted by molar-refractivity contribution is 0.0697. The van der Waals surface area contributed by atoms with Crippen molar-refractivity contribution in [2.45, 2.75) is 0 Å². The van der Waals surface area contributed by atoms with Crippen molar-refractivity contribution >= 4 is 21.9 Å². The highest BCUT2D eigenvalue weighted by atomic mass is 32.2. The number of anilines is 1. The molecule has 0 atom stereocenters. The van der Waals surface area contributed by atoms with Crippen LogP contribution in [0.15, 0.2) is 18.2 Å². The Bertz CT molecular complexity index is 609. The van der Waals surface area contributed by atoms with Crippen LogP contribution in [0.25, 0.3) is 0 Å². The summed E-state index contributed by atoms with van der Waals surface area (Å²) in [7, 11) is -3.85. The van der Waals surface area contributed by atoms with Gasteiger partial charge < -0.3 is 14.9 Å². The van der Waals surface area contributed by atoms with Gasteiger partial charge in [0.2, 0.25) is 0 Å². The Morgan fingerprint density at radius 2 is 1.95 bits per heavy atom. The molecule has 2 rings (SSSR count). The maximum absolute atomic E-state index is 12.1. The Balaban J connectivity index is 2.24. The number of aromatic hydroxyl groups is 1. The van der Waals surface area contributed by atoms with Crippen LogP contribution in [0.2, 0.25) is 0 Å². The lowest BCUT2D eigenvalue weighted by atomic mass is 10.2. The Kier molecular flexibility index (Phi) is 4.12. The van der Waals surface area contributed by atoms with Gasteiger partial charge in [0, 0.05) is 13.1 Å². The third-order valence-electron chi connectivity index (χ3n) is 2.79. The number of carboxylic acids is 1. The van der Waals surface area contributed by atoms with E-state index in [9.17, 15) is 18.3 Å². The standard InChI is InChI=1S/C11H14N2O6S/c14-10-2-1-8(11(15)16)7-9(10)12-20(17,18)13-3-5-19-6-4-13/h1-2,7,12,14H,3-6H2,(H,15,16). The molecule has 0 radical (unpaired) electrons. The first-order chi connectivity index (χ1) is 9.40. The van der Waals surface area contributed by atoms with E-state index < -0.39 is 16.2 Å². The van der Waals surface area contributed by atoms with E-state index in [2.05, 4.69) is 4.72 Å². The van der Waals surface area contributed by atoms with Gasteiger partial charge in [-0.05, 0) is 18.2 Å². The highest BCUT2D eigenvalue weighted by molar-refractivity contribution is 7.90. The quantitative estimate of drug-likeness (QED) is 0.678. The largest absolute Gasteiger partial charge is 0.506 e. The predicted octanol–water partition coefficient (Wildman–Crippen LogP) is 0.0793. The Morgan fingerprint density at radius 1 is 1.30 bits per heavy atom. The third kappa shape index (κ3) is 3.18. The normalized spacial score (nSPS) is 16.8. The van der Waals surface area contributed by atoms with Gasteiger partial charge in [-0.15, -0.1) is 0 Å². The minimum absolute atomic E-state index is 0.123. The molecule has 1 aromatic carbocycles. The first-order valence-corrected chi connectivity index (χ1v) is 7.26. The zero-order valence-electron chi connectivity index (χ0n) is 10.4. The van der Waals surface area contributed by atoms with E-state index in [4.69, 9.17) is 9.84 Å². The lowest BCUT2D eigenvalue weighted by Gasteiger charge is -2.26. The van der Waals surface area contributed by atoms with Gasteiger partial charge in [-0.25, -0.2) is 4.79 Å². The first kappa shape index (κ1) is 14.6. The number of phenolic OH excluding ortho intramolecular Hbond substituents is 1. The maximum Gasteiger partial charge on any atom is 0.335 e. The van der Waals surface area contributed by atoms with Gasteiger partial charge in [0.1, 0.15) is 5.75 Å². The molecule has 1 heterocycles. The van der Waals surface area contributed by atoms with Crippen molar-refractivity contribution in [3.63, 3.8) is 0 Å². The molecule has 9 heteroatoms. The minimum atomic E-state index is -3.85. The summed E-state index contributed by atoms with van der Waals surface area (Å²) in [4.78, 5) is 10.8. The summed E-state index contributed by atoms with van der Waals surface area (Å²) in [5, 5.41) is 18.5. The van der Waals surface area contributed by atoms with Crippen molar-refractivity contribution in [2.24, 2.45) is 0 Å². The molecule has 0 aliphatic carbocycles. The van der Waals surface area contributed by atoms with Crippen LogP contribution in [0, 0.1) is 0 Å². The number of benzene rings is 1. The van der Waals surface area contributed by atoms with Crippen LogP contribution >= 0.6 is 0 Å². The Morgan fingerprint density at radius 3 is 2.55 bits per heavy atom. The molecule has 0 aromatic heterocycles. The number of phenols is 1. The van der Waals surface area contributed by atoms with Crippen molar-refractivity contribution in [2.75, 3.05) is 31.0 Å². The summed E-state index contributed by atoms with van der Waals surface area (Å²) in [6.45, 7) is 0.994. The van der Waals surface area contributed by atoms with Crippen LogP contribution < -0.4 is 4.72 Å². The number of aromatic carboxylic acids is 1. The van der Waals surface area contributed by atoms with Gasteiger partial charge in [0.25, 0.3) is 0 Å². The molecule has 0 bridgehead atoms. The monoisotopic (exact) mass is 302 g/mol. The fourth-order valence-corrected chi connectivity index (χ4v) is 2.94. The summed E-state index contributed by atoms with van der Waals surface area (Å²) in [6.07, 6.45) is 0. The molecule has 0 spiro atoms. The second-order valence-corrected chi connectivity index (χ2v) is 5.83. The molecule has 20 heavy (non-hydrogen) atoms. The van der Waals surface area contributed by atoms with Crippen molar-refractivity contribution in [1.82, 2.24) is 4.31 Å². The second kappa shape index (κ2) is 5.65. The summed E-state index contributed by atoms with van der Waals surface area (Å²) >= 11 is 0. The fourth-order valence-electron chi connectivity index (χ4n) is 1.74. The summed E-state index contributed by atoms with van der Waals surface area (Å²) in [6, 6.07) is 3.38. The van der Waals surface area contributed by atoms with Crippen molar-refractivity contribution < 1.29 is 28.2 Å². The number of ether oxygens (including phenoxy) is 1. The van der Waals surface area contributed by atoms with Crippen LogP contribution in [0.1, 0.15) is 10.4 Å². The predicted molar refractivity (Wildman–Crippen MR) is 70.0 cm³/mol. The van der Waals surface area contributed by atoms with Crippen molar-refractivity contribution in [3.05, 3.63) is 23.8 Å². The Hall–Kier alpha value is -1.84. The zero-order valence-corrected chi connectivity index (χ0v) is 11.3. The van der Waals surface area contributed by atoms with E-state index in [1.807, 2.05) is 0 Å².